The first kappa shape index (κ1) is 13.5. The van der Waals surface area contributed by atoms with E-state index in [0.29, 0.717) is 24.4 Å². The molecule has 4 nitrogen and oxygen atoms in total. The number of hydrogen-bond acceptors (Lipinski definition) is 3. The van der Waals surface area contributed by atoms with Crippen molar-refractivity contribution in [3.63, 3.8) is 0 Å². The lowest BCUT2D eigenvalue weighted by atomic mass is 9.98. The number of carboxylic acids is 1. The molecule has 6 heteroatoms. The molecule has 0 aromatic carbocycles. The molecule has 1 atom stereocenters. The fourth-order valence-electron chi connectivity index (χ4n) is 2.08. The van der Waals surface area contributed by atoms with Crippen LogP contribution in [0.25, 0.3) is 0 Å². The first-order valence-electron chi connectivity index (χ1n) is 5.77. The molecule has 0 aliphatic carbocycles. The van der Waals surface area contributed by atoms with Crippen molar-refractivity contribution in [2.45, 2.75) is 19.8 Å². The fraction of sp³-hybridized carbons (Fsp3) is 0.500. The van der Waals surface area contributed by atoms with E-state index in [1.165, 1.54) is 11.3 Å². The van der Waals surface area contributed by atoms with Crippen LogP contribution < -0.4 is 0 Å². The summed E-state index contributed by atoms with van der Waals surface area (Å²) in [4.78, 5) is 25.6. The summed E-state index contributed by atoms with van der Waals surface area (Å²) in [6, 6.07) is 1.85. The van der Waals surface area contributed by atoms with Gasteiger partial charge in [0, 0.05) is 13.1 Å². The second-order valence-corrected chi connectivity index (χ2v) is 6.87. The first-order chi connectivity index (χ1) is 8.49. The number of carbonyl (C=O) groups excluding carboxylic acids is 1. The molecule has 1 amide bonds. The van der Waals surface area contributed by atoms with Crippen molar-refractivity contribution in [1.82, 2.24) is 4.90 Å². The van der Waals surface area contributed by atoms with Gasteiger partial charge in [-0.1, -0.05) is 0 Å². The van der Waals surface area contributed by atoms with E-state index < -0.39 is 11.9 Å². The number of likely N-dealkylation sites (tertiary alicyclic amines) is 1. The minimum atomic E-state index is -0.809. The number of aryl methyl sites for hydroxylation is 1. The molecule has 1 aliphatic rings. The molecule has 1 N–H and O–H groups in total. The van der Waals surface area contributed by atoms with Crippen LogP contribution in [-0.2, 0) is 4.79 Å². The maximum atomic E-state index is 12.3. The third-order valence-electron chi connectivity index (χ3n) is 3.13. The molecule has 2 heterocycles. The zero-order chi connectivity index (χ0) is 13.3. The molecular weight excluding hydrogens is 318 g/mol. The summed E-state index contributed by atoms with van der Waals surface area (Å²) in [5.41, 5.74) is 1.04. The maximum absolute atomic E-state index is 12.3. The van der Waals surface area contributed by atoms with E-state index in [-0.39, 0.29) is 5.91 Å². The standard InChI is InChI=1S/C12H14BrNO3S/c1-7-5-9(18-10(7)13)11(15)14-4-2-3-8(6-14)12(16)17/h5,8H,2-4,6H2,1H3,(H,16,17)/t8-/m1/s1. The smallest absolute Gasteiger partial charge is 0.308 e. The number of rotatable bonds is 2. The molecule has 0 radical (unpaired) electrons. The van der Waals surface area contributed by atoms with Crippen LogP contribution in [0.1, 0.15) is 28.1 Å². The Morgan fingerprint density at radius 1 is 1.56 bits per heavy atom. The van der Waals surface area contributed by atoms with Crippen LogP contribution in [0.3, 0.4) is 0 Å². The highest BCUT2D eigenvalue weighted by Crippen LogP contribution is 2.29. The first-order valence-corrected chi connectivity index (χ1v) is 7.38. The van der Waals surface area contributed by atoms with Gasteiger partial charge in [-0.05, 0) is 47.3 Å². The Kier molecular flexibility index (Phi) is 4.07. The lowest BCUT2D eigenvalue weighted by Gasteiger charge is -2.30. The Hall–Kier alpha value is -0.880. The van der Waals surface area contributed by atoms with Crippen LogP contribution in [0.15, 0.2) is 9.85 Å². The fourth-order valence-corrected chi connectivity index (χ4v) is 3.59. The van der Waals surface area contributed by atoms with Crippen molar-refractivity contribution >= 4 is 39.1 Å². The van der Waals surface area contributed by atoms with E-state index in [9.17, 15) is 9.59 Å². The van der Waals surface area contributed by atoms with Gasteiger partial charge in [0.1, 0.15) is 0 Å². The maximum Gasteiger partial charge on any atom is 0.308 e. The lowest BCUT2D eigenvalue weighted by molar-refractivity contribution is -0.143. The molecule has 18 heavy (non-hydrogen) atoms. The van der Waals surface area contributed by atoms with Gasteiger partial charge in [0.25, 0.3) is 5.91 Å². The van der Waals surface area contributed by atoms with Gasteiger partial charge in [-0.25, -0.2) is 0 Å². The minimum absolute atomic E-state index is 0.0558. The highest BCUT2D eigenvalue weighted by atomic mass is 79.9. The normalized spacial score (nSPS) is 19.9. The molecule has 0 unspecified atom stereocenters. The van der Waals surface area contributed by atoms with Gasteiger partial charge in [-0.15, -0.1) is 11.3 Å². The molecule has 2 rings (SSSR count). The summed E-state index contributed by atoms with van der Waals surface area (Å²) in [5, 5.41) is 9.01. The van der Waals surface area contributed by atoms with Crippen molar-refractivity contribution in [3.05, 3.63) is 20.3 Å². The largest absolute Gasteiger partial charge is 0.481 e. The summed E-state index contributed by atoms with van der Waals surface area (Å²) in [6.07, 6.45) is 1.42. The molecule has 1 aliphatic heterocycles. The monoisotopic (exact) mass is 331 g/mol. The molecule has 0 saturated carbocycles. The topological polar surface area (TPSA) is 57.6 Å². The van der Waals surface area contributed by atoms with E-state index in [4.69, 9.17) is 5.11 Å². The zero-order valence-electron chi connectivity index (χ0n) is 9.98. The highest BCUT2D eigenvalue weighted by molar-refractivity contribution is 9.11. The van der Waals surface area contributed by atoms with Gasteiger partial charge >= 0.3 is 5.97 Å². The van der Waals surface area contributed by atoms with E-state index in [1.807, 2.05) is 13.0 Å². The minimum Gasteiger partial charge on any atom is -0.481 e. The number of aliphatic carboxylic acids is 1. The van der Waals surface area contributed by atoms with Crippen molar-refractivity contribution in [3.8, 4) is 0 Å². The van der Waals surface area contributed by atoms with Crippen LogP contribution in [0, 0.1) is 12.8 Å². The third-order valence-corrected chi connectivity index (χ3v) is 5.25. The summed E-state index contributed by atoms with van der Waals surface area (Å²) in [5.74, 6) is -1.29. The molecule has 1 aromatic rings. The predicted octanol–water partition coefficient (Wildman–Crippen LogP) is 2.76. The quantitative estimate of drug-likeness (QED) is 0.906. The number of halogens is 1. The van der Waals surface area contributed by atoms with E-state index >= 15 is 0 Å². The third kappa shape index (κ3) is 2.75. The van der Waals surface area contributed by atoms with Gasteiger partial charge < -0.3 is 10.0 Å². The van der Waals surface area contributed by atoms with E-state index in [0.717, 1.165) is 15.8 Å². The number of amides is 1. The van der Waals surface area contributed by atoms with Crippen molar-refractivity contribution in [1.29, 1.82) is 0 Å². The Balaban J connectivity index is 2.11. The molecule has 1 fully saturated rings. The van der Waals surface area contributed by atoms with Crippen LogP contribution in [0.4, 0.5) is 0 Å². The number of hydrogen-bond donors (Lipinski definition) is 1. The Labute approximate surface area is 118 Å². The van der Waals surface area contributed by atoms with E-state index in [1.54, 1.807) is 4.90 Å². The second kappa shape index (κ2) is 5.40. The number of thiophene rings is 1. The molecular formula is C12H14BrNO3S. The lowest BCUT2D eigenvalue weighted by Crippen LogP contribution is -2.42. The summed E-state index contributed by atoms with van der Waals surface area (Å²) >= 11 is 4.80. The van der Waals surface area contributed by atoms with Crippen molar-refractivity contribution in [2.24, 2.45) is 5.92 Å². The Bertz CT molecular complexity index is 466. The molecule has 1 aromatic heterocycles. The average molecular weight is 332 g/mol. The number of nitrogens with zero attached hydrogens (tertiary/aromatic N) is 1. The average Bonchev–Trinajstić information content (AvgIpc) is 2.69. The van der Waals surface area contributed by atoms with Gasteiger partial charge in [0.2, 0.25) is 0 Å². The number of carboxylic acid groups (broad SMARTS) is 1. The predicted molar refractivity (Wildman–Crippen MR) is 73.0 cm³/mol. The van der Waals surface area contributed by atoms with Crippen LogP contribution in [-0.4, -0.2) is 35.0 Å². The van der Waals surface area contributed by atoms with Crippen LogP contribution in [0.2, 0.25) is 0 Å². The molecule has 1 saturated heterocycles. The second-order valence-electron chi connectivity index (χ2n) is 4.50. The Morgan fingerprint density at radius 3 is 2.83 bits per heavy atom. The van der Waals surface area contributed by atoms with Crippen LogP contribution in [0.5, 0.6) is 0 Å². The number of carbonyl (C=O) groups is 2. The zero-order valence-corrected chi connectivity index (χ0v) is 12.4. The van der Waals surface area contributed by atoms with E-state index in [2.05, 4.69) is 15.9 Å². The summed E-state index contributed by atoms with van der Waals surface area (Å²) < 4.78 is 0.956. The summed E-state index contributed by atoms with van der Waals surface area (Å²) in [7, 11) is 0. The SMILES string of the molecule is Cc1cc(C(=O)N2CCC[C@@H](C(=O)O)C2)sc1Br. The van der Waals surface area contributed by atoms with Crippen LogP contribution >= 0.6 is 27.3 Å². The molecule has 0 bridgehead atoms. The van der Waals surface area contributed by atoms with Crippen molar-refractivity contribution < 1.29 is 14.7 Å². The van der Waals surface area contributed by atoms with Crippen molar-refractivity contribution in [2.75, 3.05) is 13.1 Å². The van der Waals surface area contributed by atoms with Gasteiger partial charge in [0.15, 0.2) is 0 Å². The van der Waals surface area contributed by atoms with Gasteiger partial charge in [0.05, 0.1) is 14.6 Å². The highest BCUT2D eigenvalue weighted by Gasteiger charge is 2.29. The number of piperidine rings is 1. The van der Waals surface area contributed by atoms with Gasteiger partial charge in [-0.2, -0.15) is 0 Å². The summed E-state index contributed by atoms with van der Waals surface area (Å²) in [6.45, 7) is 2.91. The van der Waals surface area contributed by atoms with Gasteiger partial charge in [-0.3, -0.25) is 9.59 Å². The molecule has 0 spiro atoms. The molecule has 98 valence electrons. The Morgan fingerprint density at radius 2 is 2.28 bits per heavy atom.